The largest absolute Gasteiger partial charge is 0.464 e. The highest BCUT2D eigenvalue weighted by molar-refractivity contribution is 6.31. The number of rotatable bonds is 5. The number of ether oxygens (including phenoxy) is 2. The van der Waals surface area contributed by atoms with Crippen LogP contribution in [-0.4, -0.2) is 24.0 Å². The number of nitrogens with zero attached hydrogens (tertiary/aromatic N) is 1. The van der Waals surface area contributed by atoms with Gasteiger partial charge < -0.3 is 20.1 Å². The van der Waals surface area contributed by atoms with Gasteiger partial charge in [-0.2, -0.15) is 0 Å². The van der Waals surface area contributed by atoms with Crippen molar-refractivity contribution in [2.45, 2.75) is 6.92 Å². The van der Waals surface area contributed by atoms with E-state index in [-0.39, 0.29) is 22.9 Å². The van der Waals surface area contributed by atoms with Gasteiger partial charge in [0.2, 0.25) is 0 Å². The number of nitrogens with one attached hydrogen (secondary N) is 2. The molecule has 7 nitrogen and oxygen atoms in total. The van der Waals surface area contributed by atoms with Gasteiger partial charge in [0.25, 0.3) is 0 Å². The van der Waals surface area contributed by atoms with Crippen LogP contribution in [-0.2, 0) is 4.74 Å². The fourth-order valence-corrected chi connectivity index (χ4v) is 2.56. The number of hydrogen-bond acceptors (Lipinski definition) is 5. The molecule has 0 radical (unpaired) electrons. The first-order valence-corrected chi connectivity index (χ1v) is 8.89. The molecule has 0 saturated carbocycles. The van der Waals surface area contributed by atoms with Crippen molar-refractivity contribution in [3.63, 3.8) is 0 Å². The Kier molecular flexibility index (Phi) is 5.30. The van der Waals surface area contributed by atoms with Crippen molar-refractivity contribution in [2.75, 3.05) is 17.7 Å². The van der Waals surface area contributed by atoms with E-state index in [1.807, 2.05) is 0 Å². The zero-order valence-electron chi connectivity index (χ0n) is 18.5. The van der Waals surface area contributed by atoms with E-state index in [4.69, 9.17) is 20.5 Å². The maximum absolute atomic E-state index is 14.5. The first-order valence-electron chi connectivity index (χ1n) is 10.0. The molecular weight excluding hydrogens is 413 g/mol. The molecule has 0 saturated heterocycles. The summed E-state index contributed by atoms with van der Waals surface area (Å²) in [7, 11) is -2.92. The van der Waals surface area contributed by atoms with Gasteiger partial charge >= 0.3 is 12.0 Å². The summed E-state index contributed by atoms with van der Waals surface area (Å²) in [5.41, 5.74) is 0.868. The minimum absolute atomic E-state index is 0.0631. The lowest BCUT2D eigenvalue weighted by Crippen LogP contribution is -2.20. The highest BCUT2D eigenvalue weighted by atomic mass is 35.5. The van der Waals surface area contributed by atoms with Crippen LogP contribution in [0.4, 0.5) is 20.6 Å². The van der Waals surface area contributed by atoms with Gasteiger partial charge in [0.15, 0.2) is 5.69 Å². The summed E-state index contributed by atoms with van der Waals surface area (Å²) in [6.45, 7) is 1.78. The smallest absolute Gasteiger partial charge is 0.356 e. The standard InChI is InChI=1S/C21H17ClFN3O4/c1-12-9-13(3-5-16(12)22)25-21(28)26-18-6-4-14(10-17(18)23)30-15-7-8-24-19(11-15)20(27)29-2/h3-11H,1-2H3,(H2,25,26,28)/i2D3. The molecule has 2 aromatic carbocycles. The molecule has 30 heavy (non-hydrogen) atoms. The van der Waals surface area contributed by atoms with E-state index in [0.29, 0.717) is 10.7 Å². The van der Waals surface area contributed by atoms with E-state index in [9.17, 15) is 14.0 Å². The second-order valence-corrected chi connectivity index (χ2v) is 6.46. The number of methoxy groups -OCH3 is 1. The van der Waals surface area contributed by atoms with Gasteiger partial charge in [-0.1, -0.05) is 11.6 Å². The van der Waals surface area contributed by atoms with Crippen LogP contribution in [0.1, 0.15) is 20.2 Å². The normalized spacial score (nSPS) is 12.2. The number of anilines is 2. The lowest BCUT2D eigenvalue weighted by molar-refractivity contribution is 0.0593. The number of hydrogen-bond donors (Lipinski definition) is 2. The van der Waals surface area contributed by atoms with Gasteiger partial charge in [-0.25, -0.2) is 19.0 Å². The molecule has 0 unspecified atom stereocenters. The van der Waals surface area contributed by atoms with Crippen LogP contribution in [0.3, 0.4) is 0 Å². The van der Waals surface area contributed by atoms with Crippen molar-refractivity contribution >= 4 is 35.0 Å². The Balaban J connectivity index is 1.66. The quantitative estimate of drug-likeness (QED) is 0.526. The fourth-order valence-electron chi connectivity index (χ4n) is 2.44. The number of carbonyl (C=O) groups is 2. The summed E-state index contributed by atoms with van der Waals surface area (Å²) in [6.07, 6.45) is 1.21. The zero-order valence-corrected chi connectivity index (χ0v) is 16.3. The van der Waals surface area contributed by atoms with Gasteiger partial charge in [-0.3, -0.25) is 0 Å². The molecule has 1 aromatic heterocycles. The SMILES string of the molecule is [2H]C([2H])([2H])OC(=O)c1cc(Oc2ccc(NC(=O)Nc3ccc(Cl)c(C)c3)c(F)c2)ccn1. The van der Waals surface area contributed by atoms with Gasteiger partial charge in [0.05, 0.1) is 16.8 Å². The molecule has 0 atom stereocenters. The predicted octanol–water partition coefficient (Wildman–Crippen LogP) is 5.41. The van der Waals surface area contributed by atoms with E-state index in [1.165, 1.54) is 24.4 Å². The third-order valence-electron chi connectivity index (χ3n) is 3.87. The number of aryl methyl sites for hydroxylation is 1. The topological polar surface area (TPSA) is 89.5 Å². The number of amides is 2. The fraction of sp³-hybridized carbons (Fsp3) is 0.0952. The Hall–Kier alpha value is -3.65. The van der Waals surface area contributed by atoms with E-state index in [1.54, 1.807) is 25.1 Å². The maximum atomic E-state index is 14.5. The van der Waals surface area contributed by atoms with E-state index in [0.717, 1.165) is 17.7 Å². The first-order chi connectivity index (χ1) is 15.5. The molecule has 3 rings (SSSR count). The molecule has 3 aromatic rings. The van der Waals surface area contributed by atoms with Crippen LogP contribution < -0.4 is 15.4 Å². The average molecular weight is 433 g/mol. The number of esters is 1. The molecule has 154 valence electrons. The predicted molar refractivity (Wildman–Crippen MR) is 111 cm³/mol. The Morgan fingerprint density at radius 3 is 2.63 bits per heavy atom. The minimum atomic E-state index is -2.92. The van der Waals surface area contributed by atoms with Gasteiger partial charge in [-0.15, -0.1) is 0 Å². The third-order valence-corrected chi connectivity index (χ3v) is 4.30. The number of carbonyl (C=O) groups excluding carboxylic acids is 2. The lowest BCUT2D eigenvalue weighted by Gasteiger charge is -2.11. The second kappa shape index (κ2) is 9.23. The van der Waals surface area contributed by atoms with Crippen molar-refractivity contribution in [1.82, 2.24) is 4.98 Å². The number of benzene rings is 2. The summed E-state index contributed by atoms with van der Waals surface area (Å²) in [6, 6.07) is 10.5. The monoisotopic (exact) mass is 432 g/mol. The lowest BCUT2D eigenvalue weighted by atomic mass is 10.2. The Morgan fingerprint density at radius 1 is 1.10 bits per heavy atom. The van der Waals surface area contributed by atoms with Crippen molar-refractivity contribution < 1.29 is 27.6 Å². The number of halogens is 2. The highest BCUT2D eigenvalue weighted by Crippen LogP contribution is 2.26. The van der Waals surface area contributed by atoms with Crippen LogP contribution in [0.5, 0.6) is 11.5 Å². The zero-order chi connectivity index (χ0) is 24.2. The van der Waals surface area contributed by atoms with Crippen LogP contribution >= 0.6 is 11.6 Å². The molecule has 0 fully saturated rings. The van der Waals surface area contributed by atoms with Crippen LogP contribution in [0, 0.1) is 12.7 Å². The van der Waals surface area contributed by atoms with Crippen molar-refractivity contribution in [1.29, 1.82) is 0 Å². The van der Waals surface area contributed by atoms with Crippen LogP contribution in [0.2, 0.25) is 5.02 Å². The third kappa shape index (κ3) is 5.24. The first kappa shape index (κ1) is 17.2. The molecule has 0 aliphatic heterocycles. The van der Waals surface area contributed by atoms with Crippen molar-refractivity contribution in [2.24, 2.45) is 0 Å². The molecule has 0 spiro atoms. The number of urea groups is 1. The maximum Gasteiger partial charge on any atom is 0.356 e. The number of aromatic nitrogens is 1. The van der Waals surface area contributed by atoms with Crippen LogP contribution in [0.15, 0.2) is 54.7 Å². The Labute approximate surface area is 181 Å². The summed E-state index contributed by atoms with van der Waals surface area (Å²) in [5.74, 6) is -1.77. The van der Waals surface area contributed by atoms with Crippen molar-refractivity contribution in [3.05, 3.63) is 76.8 Å². The van der Waals surface area contributed by atoms with Gasteiger partial charge in [0.1, 0.15) is 17.3 Å². The van der Waals surface area contributed by atoms with Crippen LogP contribution in [0.25, 0.3) is 0 Å². The number of pyridine rings is 1. The second-order valence-electron chi connectivity index (χ2n) is 6.05. The Bertz CT molecular complexity index is 1210. The molecule has 0 bridgehead atoms. The van der Waals surface area contributed by atoms with E-state index in [2.05, 4.69) is 20.4 Å². The molecule has 9 heteroatoms. The summed E-state index contributed by atoms with van der Waals surface area (Å²) >= 11 is 5.95. The molecule has 2 amide bonds. The Morgan fingerprint density at radius 2 is 1.90 bits per heavy atom. The summed E-state index contributed by atoms with van der Waals surface area (Å²) in [5, 5.41) is 5.52. The summed E-state index contributed by atoms with van der Waals surface area (Å²) in [4.78, 5) is 27.7. The van der Waals surface area contributed by atoms with Gasteiger partial charge in [0, 0.05) is 29.0 Å². The molecule has 0 aliphatic rings. The van der Waals surface area contributed by atoms with Crippen molar-refractivity contribution in [3.8, 4) is 11.5 Å². The molecule has 1 heterocycles. The van der Waals surface area contributed by atoms with E-state index < -0.39 is 24.9 Å². The minimum Gasteiger partial charge on any atom is -0.464 e. The average Bonchev–Trinajstić information content (AvgIpc) is 2.72. The highest BCUT2D eigenvalue weighted by Gasteiger charge is 2.12. The molecule has 2 N–H and O–H groups in total. The van der Waals surface area contributed by atoms with E-state index >= 15 is 0 Å². The molecule has 0 aliphatic carbocycles. The molecular formula is C21H17ClFN3O4. The van der Waals surface area contributed by atoms with Gasteiger partial charge in [-0.05, 0) is 48.9 Å². The summed E-state index contributed by atoms with van der Waals surface area (Å²) < 4.78 is 45.2.